The number of amides is 1. The summed E-state index contributed by atoms with van der Waals surface area (Å²) in [6.07, 6.45) is 3.16. The Labute approximate surface area is 111 Å². The SMILES string of the molecule is CCCC[Si](C)(C)N1C(=O)CC1c1ccccc1. The van der Waals surface area contributed by atoms with Crippen molar-refractivity contribution in [3.63, 3.8) is 0 Å². The molecule has 1 unspecified atom stereocenters. The largest absolute Gasteiger partial charge is 0.363 e. The lowest BCUT2D eigenvalue weighted by Gasteiger charge is -2.50. The van der Waals surface area contributed by atoms with E-state index in [0.29, 0.717) is 18.4 Å². The molecule has 98 valence electrons. The van der Waals surface area contributed by atoms with Gasteiger partial charge in [0.15, 0.2) is 8.24 Å². The van der Waals surface area contributed by atoms with Crippen LogP contribution in [0.25, 0.3) is 0 Å². The first-order chi connectivity index (χ1) is 8.56. The van der Waals surface area contributed by atoms with E-state index in [0.717, 1.165) is 0 Å². The summed E-state index contributed by atoms with van der Waals surface area (Å²) in [6.45, 7) is 6.88. The highest BCUT2D eigenvalue weighted by Crippen LogP contribution is 2.40. The molecule has 1 fully saturated rings. The van der Waals surface area contributed by atoms with Crippen LogP contribution in [-0.4, -0.2) is 18.7 Å². The van der Waals surface area contributed by atoms with Crippen molar-refractivity contribution in [1.82, 2.24) is 4.57 Å². The fourth-order valence-electron chi connectivity index (χ4n) is 2.85. The second-order valence-corrected chi connectivity index (χ2v) is 10.4. The third-order valence-electron chi connectivity index (χ3n) is 3.93. The van der Waals surface area contributed by atoms with Gasteiger partial charge in [-0.25, -0.2) is 0 Å². The monoisotopic (exact) mass is 261 g/mol. The fourth-order valence-corrected chi connectivity index (χ4v) is 6.16. The van der Waals surface area contributed by atoms with Crippen LogP contribution in [0.1, 0.15) is 37.8 Å². The average molecular weight is 261 g/mol. The van der Waals surface area contributed by atoms with Gasteiger partial charge in [0.25, 0.3) is 0 Å². The Morgan fingerprint density at radius 2 is 1.94 bits per heavy atom. The summed E-state index contributed by atoms with van der Waals surface area (Å²) in [5, 5.41) is 0. The highest BCUT2D eigenvalue weighted by molar-refractivity contribution is 6.77. The zero-order valence-electron chi connectivity index (χ0n) is 11.6. The number of hydrogen-bond acceptors (Lipinski definition) is 1. The summed E-state index contributed by atoms with van der Waals surface area (Å²) in [5.74, 6) is 0.358. The highest BCUT2D eigenvalue weighted by atomic mass is 28.3. The molecule has 2 nitrogen and oxygen atoms in total. The number of carbonyl (C=O) groups excluding carboxylic acids is 1. The highest BCUT2D eigenvalue weighted by Gasteiger charge is 2.46. The van der Waals surface area contributed by atoms with Gasteiger partial charge < -0.3 is 4.57 Å². The van der Waals surface area contributed by atoms with Gasteiger partial charge in [-0.3, -0.25) is 4.79 Å². The first-order valence-electron chi connectivity index (χ1n) is 6.93. The van der Waals surface area contributed by atoms with Crippen molar-refractivity contribution < 1.29 is 4.79 Å². The van der Waals surface area contributed by atoms with Crippen LogP contribution in [0.5, 0.6) is 0 Å². The molecule has 0 aromatic heterocycles. The molecule has 1 aromatic rings. The van der Waals surface area contributed by atoms with Gasteiger partial charge in [-0.05, 0) is 11.6 Å². The minimum Gasteiger partial charge on any atom is -0.363 e. The zero-order valence-corrected chi connectivity index (χ0v) is 12.6. The molecule has 0 bridgehead atoms. The number of hydrogen-bond donors (Lipinski definition) is 0. The summed E-state index contributed by atoms with van der Waals surface area (Å²) in [4.78, 5) is 12.0. The average Bonchev–Trinajstić information content (AvgIpc) is 2.34. The molecule has 1 aromatic carbocycles. The van der Waals surface area contributed by atoms with Gasteiger partial charge >= 0.3 is 0 Å². The number of β-lactam (4-membered cyclic amide) rings is 1. The van der Waals surface area contributed by atoms with Crippen LogP contribution in [0.2, 0.25) is 19.1 Å². The van der Waals surface area contributed by atoms with Crippen molar-refractivity contribution in [2.75, 3.05) is 0 Å². The third-order valence-corrected chi connectivity index (χ3v) is 7.37. The van der Waals surface area contributed by atoms with Crippen molar-refractivity contribution in [3.05, 3.63) is 35.9 Å². The zero-order chi connectivity index (χ0) is 13.2. The van der Waals surface area contributed by atoms with Crippen molar-refractivity contribution >= 4 is 14.1 Å². The molecule has 3 heteroatoms. The number of nitrogens with zero attached hydrogens (tertiary/aromatic N) is 1. The third kappa shape index (κ3) is 2.51. The minimum atomic E-state index is -1.57. The summed E-state index contributed by atoms with van der Waals surface area (Å²) in [6, 6.07) is 12.0. The van der Waals surface area contributed by atoms with E-state index in [1.807, 2.05) is 6.07 Å². The maximum atomic E-state index is 12.0. The van der Waals surface area contributed by atoms with Crippen LogP contribution in [0.3, 0.4) is 0 Å². The molecular formula is C15H23NOSi. The molecule has 2 rings (SSSR count). The van der Waals surface area contributed by atoms with E-state index in [-0.39, 0.29) is 0 Å². The molecule has 18 heavy (non-hydrogen) atoms. The Morgan fingerprint density at radius 1 is 1.28 bits per heavy atom. The molecule has 1 aliphatic heterocycles. The van der Waals surface area contributed by atoms with Crippen molar-refractivity contribution in [2.45, 2.75) is 51.4 Å². The summed E-state index contributed by atoms with van der Waals surface area (Å²) in [7, 11) is -1.57. The molecule has 1 aliphatic rings. The smallest absolute Gasteiger partial charge is 0.217 e. The van der Waals surface area contributed by atoms with Crippen molar-refractivity contribution in [3.8, 4) is 0 Å². The Balaban J connectivity index is 2.13. The van der Waals surface area contributed by atoms with Gasteiger partial charge in [0.2, 0.25) is 5.91 Å². The molecule has 0 spiro atoms. The van der Waals surface area contributed by atoms with E-state index < -0.39 is 8.24 Å². The molecule has 1 atom stereocenters. The number of benzene rings is 1. The second kappa shape index (κ2) is 5.27. The van der Waals surface area contributed by atoms with E-state index in [1.54, 1.807) is 0 Å². The van der Waals surface area contributed by atoms with E-state index in [4.69, 9.17) is 0 Å². The second-order valence-electron chi connectivity index (χ2n) is 5.81. The van der Waals surface area contributed by atoms with Gasteiger partial charge in [-0.2, -0.15) is 0 Å². The Hall–Kier alpha value is -1.09. The Bertz CT molecular complexity index is 416. The van der Waals surface area contributed by atoms with Crippen LogP contribution >= 0.6 is 0 Å². The Kier molecular flexibility index (Phi) is 3.90. The van der Waals surface area contributed by atoms with Crippen LogP contribution in [0.15, 0.2) is 30.3 Å². The molecule has 1 saturated heterocycles. The predicted molar refractivity (Wildman–Crippen MR) is 77.8 cm³/mol. The maximum Gasteiger partial charge on any atom is 0.217 e. The molecule has 0 aliphatic carbocycles. The van der Waals surface area contributed by atoms with Gasteiger partial charge in [-0.1, -0.05) is 63.2 Å². The molecule has 1 heterocycles. The van der Waals surface area contributed by atoms with Crippen LogP contribution in [0.4, 0.5) is 0 Å². The minimum absolute atomic E-state index is 0.345. The van der Waals surface area contributed by atoms with Crippen molar-refractivity contribution in [1.29, 1.82) is 0 Å². The summed E-state index contributed by atoms with van der Waals surface area (Å²) >= 11 is 0. The van der Waals surface area contributed by atoms with Crippen LogP contribution in [0, 0.1) is 0 Å². The van der Waals surface area contributed by atoms with Crippen LogP contribution in [-0.2, 0) is 4.79 Å². The normalized spacial score (nSPS) is 19.8. The quantitative estimate of drug-likeness (QED) is 0.580. The van der Waals surface area contributed by atoms with E-state index in [9.17, 15) is 4.79 Å². The Morgan fingerprint density at radius 3 is 2.50 bits per heavy atom. The first-order valence-corrected chi connectivity index (χ1v) is 10.1. The molecule has 0 N–H and O–H groups in total. The van der Waals surface area contributed by atoms with Gasteiger partial charge in [-0.15, -0.1) is 0 Å². The van der Waals surface area contributed by atoms with Gasteiger partial charge in [0.05, 0.1) is 6.04 Å². The van der Waals surface area contributed by atoms with E-state index in [2.05, 4.69) is 48.8 Å². The number of rotatable bonds is 5. The molecule has 0 radical (unpaired) electrons. The van der Waals surface area contributed by atoms with E-state index in [1.165, 1.54) is 24.4 Å². The number of unbranched alkanes of at least 4 members (excludes halogenated alkanes) is 1. The predicted octanol–water partition coefficient (Wildman–Crippen LogP) is 3.97. The fraction of sp³-hybridized carbons (Fsp3) is 0.533. The van der Waals surface area contributed by atoms with Gasteiger partial charge in [0, 0.05) is 6.42 Å². The molecule has 1 amide bonds. The topological polar surface area (TPSA) is 20.3 Å². The first kappa shape index (κ1) is 13.3. The summed E-state index contributed by atoms with van der Waals surface area (Å²) in [5.41, 5.74) is 1.30. The van der Waals surface area contributed by atoms with Gasteiger partial charge in [0.1, 0.15) is 0 Å². The summed E-state index contributed by atoms with van der Waals surface area (Å²) < 4.78 is 2.22. The lowest BCUT2D eigenvalue weighted by molar-refractivity contribution is -0.139. The van der Waals surface area contributed by atoms with E-state index >= 15 is 0 Å². The lowest BCUT2D eigenvalue weighted by atomic mass is 9.97. The lowest BCUT2D eigenvalue weighted by Crippen LogP contribution is -2.60. The molecule has 0 saturated carbocycles. The molecular weight excluding hydrogens is 238 g/mol. The standard InChI is InChI=1S/C15H23NOSi/c1-4-5-11-18(2,3)16-14(12-15(16)17)13-9-7-6-8-10-13/h6-10,14H,4-5,11-12H2,1-3H3. The maximum absolute atomic E-state index is 12.0. The van der Waals surface area contributed by atoms with Crippen molar-refractivity contribution in [2.24, 2.45) is 0 Å². The van der Waals surface area contributed by atoms with Crippen LogP contribution < -0.4 is 0 Å². The number of carbonyl (C=O) groups is 1.